The van der Waals surface area contributed by atoms with Gasteiger partial charge in [-0.25, -0.2) is 0 Å². The van der Waals surface area contributed by atoms with Gasteiger partial charge in [0.15, 0.2) is 11.5 Å². The highest BCUT2D eigenvalue weighted by molar-refractivity contribution is 5.87. The van der Waals surface area contributed by atoms with Crippen molar-refractivity contribution in [2.75, 3.05) is 33.9 Å². The molecule has 2 aliphatic rings. The van der Waals surface area contributed by atoms with E-state index >= 15 is 0 Å². The molecule has 0 N–H and O–H groups in total. The Bertz CT molecular complexity index is 613. The molecule has 3 rings (SSSR count). The Morgan fingerprint density at radius 3 is 2.52 bits per heavy atom. The average Bonchev–Trinajstić information content (AvgIpc) is 3.39. The molecular formula is C17H22N2O4. The quantitative estimate of drug-likeness (QED) is 0.815. The first-order chi connectivity index (χ1) is 11.1. The van der Waals surface area contributed by atoms with E-state index in [1.165, 1.54) is 0 Å². The Labute approximate surface area is 136 Å². The molecule has 2 amide bonds. The van der Waals surface area contributed by atoms with Crippen molar-refractivity contribution in [1.29, 1.82) is 0 Å². The first-order valence-electron chi connectivity index (χ1n) is 7.90. The van der Waals surface area contributed by atoms with Crippen LogP contribution in [0.1, 0.15) is 18.4 Å². The molecule has 1 saturated carbocycles. The SMILES string of the molecule is COc1ccc(CC(=O)N2CCN(C3CC3)C(=O)C2)cc1OC. The largest absolute Gasteiger partial charge is 0.493 e. The van der Waals surface area contributed by atoms with Crippen molar-refractivity contribution < 1.29 is 19.1 Å². The number of piperazine rings is 1. The van der Waals surface area contributed by atoms with Gasteiger partial charge >= 0.3 is 0 Å². The second kappa shape index (κ2) is 6.48. The minimum atomic E-state index is -0.0268. The smallest absolute Gasteiger partial charge is 0.242 e. The summed E-state index contributed by atoms with van der Waals surface area (Å²) in [6.45, 7) is 1.47. The zero-order valence-corrected chi connectivity index (χ0v) is 13.6. The Kier molecular flexibility index (Phi) is 4.41. The fourth-order valence-electron chi connectivity index (χ4n) is 2.95. The maximum absolute atomic E-state index is 12.4. The van der Waals surface area contributed by atoms with E-state index in [0.717, 1.165) is 18.4 Å². The molecule has 0 atom stereocenters. The molecule has 1 aliphatic carbocycles. The van der Waals surface area contributed by atoms with E-state index in [-0.39, 0.29) is 24.8 Å². The van der Waals surface area contributed by atoms with E-state index in [1.54, 1.807) is 31.3 Å². The van der Waals surface area contributed by atoms with Crippen LogP contribution < -0.4 is 9.47 Å². The van der Waals surface area contributed by atoms with Crippen LogP contribution in [-0.4, -0.2) is 61.5 Å². The van der Waals surface area contributed by atoms with E-state index in [9.17, 15) is 9.59 Å². The molecular weight excluding hydrogens is 296 g/mol. The number of carbonyl (C=O) groups excluding carboxylic acids is 2. The van der Waals surface area contributed by atoms with Crippen LogP contribution in [0.2, 0.25) is 0 Å². The van der Waals surface area contributed by atoms with Crippen molar-refractivity contribution in [3.8, 4) is 11.5 Å². The van der Waals surface area contributed by atoms with Gasteiger partial charge in [0, 0.05) is 19.1 Å². The Morgan fingerprint density at radius 1 is 1.17 bits per heavy atom. The molecule has 0 radical (unpaired) electrons. The van der Waals surface area contributed by atoms with Crippen molar-refractivity contribution in [3.05, 3.63) is 23.8 Å². The van der Waals surface area contributed by atoms with Crippen LogP contribution in [0.25, 0.3) is 0 Å². The van der Waals surface area contributed by atoms with Crippen molar-refractivity contribution in [2.45, 2.75) is 25.3 Å². The van der Waals surface area contributed by atoms with Crippen LogP contribution in [0, 0.1) is 0 Å². The summed E-state index contributed by atoms with van der Waals surface area (Å²) in [5.41, 5.74) is 0.852. The first kappa shape index (κ1) is 15.6. The molecule has 23 heavy (non-hydrogen) atoms. The topological polar surface area (TPSA) is 59.1 Å². The van der Waals surface area contributed by atoms with Crippen LogP contribution in [0.5, 0.6) is 11.5 Å². The summed E-state index contributed by atoms with van der Waals surface area (Å²) in [7, 11) is 3.15. The van der Waals surface area contributed by atoms with Crippen molar-refractivity contribution in [1.82, 2.24) is 9.80 Å². The molecule has 0 bridgehead atoms. The van der Waals surface area contributed by atoms with Gasteiger partial charge in [-0.1, -0.05) is 6.07 Å². The molecule has 6 heteroatoms. The lowest BCUT2D eigenvalue weighted by atomic mass is 10.1. The molecule has 1 aromatic carbocycles. The third-order valence-electron chi connectivity index (χ3n) is 4.40. The maximum atomic E-state index is 12.4. The van der Waals surface area contributed by atoms with E-state index in [0.29, 0.717) is 30.6 Å². The predicted molar refractivity (Wildman–Crippen MR) is 84.6 cm³/mol. The number of rotatable bonds is 5. The molecule has 0 spiro atoms. The molecule has 1 heterocycles. The van der Waals surface area contributed by atoms with Gasteiger partial charge in [-0.15, -0.1) is 0 Å². The van der Waals surface area contributed by atoms with Crippen molar-refractivity contribution in [3.63, 3.8) is 0 Å². The number of carbonyl (C=O) groups is 2. The van der Waals surface area contributed by atoms with Gasteiger partial charge in [0.25, 0.3) is 0 Å². The van der Waals surface area contributed by atoms with Gasteiger partial charge in [-0.05, 0) is 30.5 Å². The summed E-state index contributed by atoms with van der Waals surface area (Å²) < 4.78 is 10.5. The number of hydrogen-bond acceptors (Lipinski definition) is 4. The highest BCUT2D eigenvalue weighted by Gasteiger charge is 2.36. The summed E-state index contributed by atoms with van der Waals surface area (Å²) in [5.74, 6) is 1.28. The third kappa shape index (κ3) is 3.41. The summed E-state index contributed by atoms with van der Waals surface area (Å²) in [5, 5.41) is 0. The first-order valence-corrected chi connectivity index (χ1v) is 7.90. The molecule has 1 saturated heterocycles. The molecule has 0 aromatic heterocycles. The average molecular weight is 318 g/mol. The standard InChI is InChI=1S/C17H22N2O4/c1-22-14-6-3-12(9-15(14)23-2)10-16(20)18-7-8-19(13-4-5-13)17(21)11-18/h3,6,9,13H,4-5,7-8,10-11H2,1-2H3. The summed E-state index contributed by atoms with van der Waals surface area (Å²) in [4.78, 5) is 28.1. The Hall–Kier alpha value is -2.24. The van der Waals surface area contributed by atoms with Crippen LogP contribution in [0.3, 0.4) is 0 Å². The van der Waals surface area contributed by atoms with E-state index < -0.39 is 0 Å². The van der Waals surface area contributed by atoms with Gasteiger partial charge in [0.05, 0.1) is 27.2 Å². The zero-order valence-electron chi connectivity index (χ0n) is 13.6. The van der Waals surface area contributed by atoms with Crippen LogP contribution in [0.4, 0.5) is 0 Å². The minimum absolute atomic E-state index is 0.0268. The van der Waals surface area contributed by atoms with Crippen LogP contribution in [-0.2, 0) is 16.0 Å². The number of benzene rings is 1. The van der Waals surface area contributed by atoms with Gasteiger partial charge in [-0.3, -0.25) is 9.59 Å². The van der Waals surface area contributed by atoms with Gasteiger partial charge in [0.1, 0.15) is 0 Å². The molecule has 124 valence electrons. The number of methoxy groups -OCH3 is 2. The van der Waals surface area contributed by atoms with E-state index in [2.05, 4.69) is 0 Å². The summed E-state index contributed by atoms with van der Waals surface area (Å²) in [6.07, 6.45) is 2.47. The summed E-state index contributed by atoms with van der Waals surface area (Å²) >= 11 is 0. The lowest BCUT2D eigenvalue weighted by Crippen LogP contribution is -2.53. The molecule has 1 aliphatic heterocycles. The van der Waals surface area contributed by atoms with Gasteiger partial charge in [0.2, 0.25) is 11.8 Å². The summed E-state index contributed by atoms with van der Waals surface area (Å²) in [6, 6.07) is 5.86. The molecule has 6 nitrogen and oxygen atoms in total. The second-order valence-electron chi connectivity index (χ2n) is 6.00. The molecule has 2 fully saturated rings. The highest BCUT2D eigenvalue weighted by Crippen LogP contribution is 2.29. The van der Waals surface area contributed by atoms with E-state index in [4.69, 9.17) is 9.47 Å². The molecule has 1 aromatic rings. The number of nitrogens with zero attached hydrogens (tertiary/aromatic N) is 2. The third-order valence-corrected chi connectivity index (χ3v) is 4.40. The van der Waals surface area contributed by atoms with Crippen molar-refractivity contribution in [2.24, 2.45) is 0 Å². The van der Waals surface area contributed by atoms with Crippen molar-refractivity contribution >= 4 is 11.8 Å². The van der Waals surface area contributed by atoms with Crippen LogP contribution >= 0.6 is 0 Å². The zero-order chi connectivity index (χ0) is 16.4. The predicted octanol–water partition coefficient (Wildman–Crippen LogP) is 1.08. The lowest BCUT2D eigenvalue weighted by molar-refractivity contribution is -0.145. The lowest BCUT2D eigenvalue weighted by Gasteiger charge is -2.34. The van der Waals surface area contributed by atoms with Crippen LogP contribution in [0.15, 0.2) is 18.2 Å². The second-order valence-corrected chi connectivity index (χ2v) is 6.00. The fraction of sp³-hybridized carbons (Fsp3) is 0.529. The minimum Gasteiger partial charge on any atom is -0.493 e. The normalized spacial score (nSPS) is 18.1. The number of hydrogen-bond donors (Lipinski definition) is 0. The van der Waals surface area contributed by atoms with E-state index in [1.807, 2.05) is 11.0 Å². The Morgan fingerprint density at radius 2 is 1.91 bits per heavy atom. The monoisotopic (exact) mass is 318 g/mol. The van der Waals surface area contributed by atoms with Gasteiger partial charge in [-0.2, -0.15) is 0 Å². The number of ether oxygens (including phenoxy) is 2. The Balaban J connectivity index is 1.62. The maximum Gasteiger partial charge on any atom is 0.242 e. The fourth-order valence-corrected chi connectivity index (χ4v) is 2.95. The van der Waals surface area contributed by atoms with Gasteiger partial charge < -0.3 is 19.3 Å². The number of amides is 2. The molecule has 0 unspecified atom stereocenters. The highest BCUT2D eigenvalue weighted by atomic mass is 16.5.